The molecule has 128 valence electrons. The van der Waals surface area contributed by atoms with Gasteiger partial charge in [-0.15, -0.1) is 0 Å². The highest BCUT2D eigenvalue weighted by Gasteiger charge is 2.57. The third kappa shape index (κ3) is 2.07. The van der Waals surface area contributed by atoms with Crippen LogP contribution in [0, 0.1) is 46.3 Å². The molecule has 1 N–H and O–H groups in total. The largest absolute Gasteiger partial charge is 0.393 e. The highest BCUT2D eigenvalue weighted by Crippen LogP contribution is 2.66. The van der Waals surface area contributed by atoms with Crippen molar-refractivity contribution in [3.8, 4) is 0 Å². The third-order valence-electron chi connectivity index (χ3n) is 9.58. The molecule has 0 heterocycles. The molecule has 8 rings (SSSR count). The minimum atomic E-state index is 0.0344. The van der Waals surface area contributed by atoms with E-state index in [1.165, 1.54) is 83.5 Å². The van der Waals surface area contributed by atoms with Gasteiger partial charge in [0.05, 0.1) is 6.10 Å². The molecule has 1 heteroatoms. The van der Waals surface area contributed by atoms with Crippen LogP contribution >= 0.6 is 0 Å². The summed E-state index contributed by atoms with van der Waals surface area (Å²) in [7, 11) is 0. The highest BCUT2D eigenvalue weighted by molar-refractivity contribution is 5.08. The Morgan fingerprint density at radius 1 is 0.609 bits per heavy atom. The minimum absolute atomic E-state index is 0.0344. The zero-order valence-electron chi connectivity index (χ0n) is 14.7. The second-order valence-electron chi connectivity index (χ2n) is 11.4. The number of rotatable bonds is 3. The lowest BCUT2D eigenvalue weighted by Crippen LogP contribution is -2.54. The van der Waals surface area contributed by atoms with E-state index in [2.05, 4.69) is 0 Å². The van der Waals surface area contributed by atoms with Gasteiger partial charge in [-0.1, -0.05) is 0 Å². The molecule has 0 aromatic rings. The van der Waals surface area contributed by atoms with Crippen LogP contribution in [0.25, 0.3) is 0 Å². The van der Waals surface area contributed by atoms with E-state index in [4.69, 9.17) is 0 Å². The number of hydrogen-bond donors (Lipinski definition) is 1. The van der Waals surface area contributed by atoms with Gasteiger partial charge >= 0.3 is 0 Å². The van der Waals surface area contributed by atoms with Crippen molar-refractivity contribution >= 4 is 0 Å². The van der Waals surface area contributed by atoms with Gasteiger partial charge in [0.1, 0.15) is 0 Å². The van der Waals surface area contributed by atoms with Crippen LogP contribution in [0.5, 0.6) is 0 Å². The smallest absolute Gasteiger partial charge is 0.0602 e. The summed E-state index contributed by atoms with van der Waals surface area (Å²) in [6.07, 6.45) is 18.9. The molecule has 0 aliphatic heterocycles. The fourth-order valence-corrected chi connectivity index (χ4v) is 9.75. The minimum Gasteiger partial charge on any atom is -0.393 e. The number of aliphatic hydroxyl groups excluding tert-OH is 1. The van der Waals surface area contributed by atoms with E-state index in [0.717, 1.165) is 35.5 Å². The summed E-state index contributed by atoms with van der Waals surface area (Å²) >= 11 is 0. The Balaban J connectivity index is 1.25. The maximum Gasteiger partial charge on any atom is 0.0602 e. The Bertz CT molecular complexity index is 436. The molecule has 8 aliphatic carbocycles. The van der Waals surface area contributed by atoms with Crippen LogP contribution in [-0.2, 0) is 0 Å². The molecule has 1 atom stereocenters. The molecule has 0 saturated heterocycles. The van der Waals surface area contributed by atoms with Gasteiger partial charge in [-0.3, -0.25) is 0 Å². The second kappa shape index (κ2) is 4.57. The van der Waals surface area contributed by atoms with Crippen molar-refractivity contribution < 1.29 is 5.11 Å². The van der Waals surface area contributed by atoms with Gasteiger partial charge in [-0.25, -0.2) is 0 Å². The lowest BCUT2D eigenvalue weighted by molar-refractivity contribution is -0.150. The van der Waals surface area contributed by atoms with Gasteiger partial charge in [-0.05, 0) is 130 Å². The molecule has 0 spiro atoms. The van der Waals surface area contributed by atoms with Crippen LogP contribution in [0.1, 0.15) is 83.5 Å². The highest BCUT2D eigenvalue weighted by atomic mass is 16.3. The first-order chi connectivity index (χ1) is 11.1. The van der Waals surface area contributed by atoms with E-state index in [1.54, 1.807) is 0 Å². The molecule has 1 unspecified atom stereocenters. The van der Waals surface area contributed by atoms with Gasteiger partial charge in [0, 0.05) is 0 Å². The summed E-state index contributed by atoms with van der Waals surface area (Å²) in [4.78, 5) is 0. The monoisotopic (exact) mass is 314 g/mol. The fourth-order valence-electron chi connectivity index (χ4n) is 9.75. The summed E-state index contributed by atoms with van der Waals surface area (Å²) in [6, 6.07) is 0. The van der Waals surface area contributed by atoms with Crippen molar-refractivity contribution in [2.75, 3.05) is 0 Å². The SMILES string of the molecule is OC(CC12CC3CC(CC(C3)C1)C2)C12CC3CC(CC(C3)C1)C2. The van der Waals surface area contributed by atoms with Crippen molar-refractivity contribution in [3.63, 3.8) is 0 Å². The lowest BCUT2D eigenvalue weighted by Gasteiger charge is -2.61. The fraction of sp³-hybridized carbons (Fsp3) is 1.00. The molecule has 0 aromatic heterocycles. The second-order valence-corrected chi connectivity index (χ2v) is 11.4. The number of aliphatic hydroxyl groups is 1. The predicted molar refractivity (Wildman–Crippen MR) is 91.8 cm³/mol. The Morgan fingerprint density at radius 3 is 1.35 bits per heavy atom. The van der Waals surface area contributed by atoms with E-state index < -0.39 is 0 Å². The predicted octanol–water partition coefficient (Wildman–Crippen LogP) is 5.17. The zero-order valence-corrected chi connectivity index (χ0v) is 14.7. The average molecular weight is 315 g/mol. The van der Waals surface area contributed by atoms with E-state index in [-0.39, 0.29) is 6.10 Å². The van der Waals surface area contributed by atoms with E-state index >= 15 is 0 Å². The van der Waals surface area contributed by atoms with Crippen molar-refractivity contribution in [1.29, 1.82) is 0 Å². The molecule has 8 bridgehead atoms. The standard InChI is InChI=1S/C22H34O/c23-20(22-10-17-4-18(11-22)6-19(5-17)12-22)13-21-7-14-1-15(8-21)3-16(2-14)9-21/h14-20,23H,1-13H2. The summed E-state index contributed by atoms with van der Waals surface area (Å²) < 4.78 is 0. The molecule has 0 amide bonds. The van der Waals surface area contributed by atoms with E-state index in [0.29, 0.717) is 10.8 Å². The Morgan fingerprint density at radius 2 is 0.957 bits per heavy atom. The molecule has 0 aromatic carbocycles. The topological polar surface area (TPSA) is 20.2 Å². The lowest BCUT2D eigenvalue weighted by atomic mass is 9.44. The van der Waals surface area contributed by atoms with Crippen LogP contribution in [0.2, 0.25) is 0 Å². The van der Waals surface area contributed by atoms with Crippen molar-refractivity contribution in [2.45, 2.75) is 89.6 Å². The summed E-state index contributed by atoms with van der Waals surface area (Å²) in [5, 5.41) is 11.5. The molecule has 23 heavy (non-hydrogen) atoms. The summed E-state index contributed by atoms with van der Waals surface area (Å²) in [5.41, 5.74) is 0.926. The van der Waals surface area contributed by atoms with Crippen LogP contribution in [-0.4, -0.2) is 11.2 Å². The molecular weight excluding hydrogens is 280 g/mol. The van der Waals surface area contributed by atoms with Crippen LogP contribution in [0.15, 0.2) is 0 Å². The maximum atomic E-state index is 11.5. The Kier molecular flexibility index (Phi) is 2.81. The average Bonchev–Trinajstić information content (AvgIpc) is 2.43. The van der Waals surface area contributed by atoms with Crippen molar-refractivity contribution in [1.82, 2.24) is 0 Å². The molecular formula is C22H34O. The molecule has 1 nitrogen and oxygen atoms in total. The Labute approximate surface area is 141 Å². The first-order valence-corrected chi connectivity index (χ1v) is 10.8. The quantitative estimate of drug-likeness (QED) is 0.762. The zero-order chi connectivity index (χ0) is 15.2. The van der Waals surface area contributed by atoms with Crippen molar-refractivity contribution in [2.24, 2.45) is 46.3 Å². The van der Waals surface area contributed by atoms with Crippen molar-refractivity contribution in [3.05, 3.63) is 0 Å². The van der Waals surface area contributed by atoms with Gasteiger partial charge < -0.3 is 5.11 Å². The normalized spacial score (nSPS) is 60.4. The number of hydrogen-bond acceptors (Lipinski definition) is 1. The third-order valence-corrected chi connectivity index (χ3v) is 9.58. The maximum absolute atomic E-state index is 11.5. The van der Waals surface area contributed by atoms with Crippen LogP contribution in [0.4, 0.5) is 0 Å². The van der Waals surface area contributed by atoms with Gasteiger partial charge in [0.15, 0.2) is 0 Å². The molecule has 0 radical (unpaired) electrons. The molecule has 8 saturated carbocycles. The first kappa shape index (κ1) is 14.2. The first-order valence-electron chi connectivity index (χ1n) is 10.8. The molecule has 8 fully saturated rings. The van der Waals surface area contributed by atoms with Crippen LogP contribution < -0.4 is 0 Å². The van der Waals surface area contributed by atoms with Crippen LogP contribution in [0.3, 0.4) is 0 Å². The summed E-state index contributed by atoms with van der Waals surface area (Å²) in [5.74, 6) is 6.03. The van der Waals surface area contributed by atoms with E-state index in [1.807, 2.05) is 0 Å². The van der Waals surface area contributed by atoms with Gasteiger partial charge in [0.25, 0.3) is 0 Å². The van der Waals surface area contributed by atoms with E-state index in [9.17, 15) is 5.11 Å². The Hall–Kier alpha value is -0.0400. The summed E-state index contributed by atoms with van der Waals surface area (Å²) in [6.45, 7) is 0. The van der Waals surface area contributed by atoms with Gasteiger partial charge in [0.2, 0.25) is 0 Å². The molecule has 8 aliphatic rings. The van der Waals surface area contributed by atoms with Gasteiger partial charge in [-0.2, -0.15) is 0 Å².